The van der Waals surface area contributed by atoms with Crippen LogP contribution in [0, 0.1) is 6.92 Å². The average Bonchev–Trinajstić information content (AvgIpc) is 2.93. The highest BCUT2D eigenvalue weighted by Gasteiger charge is 2.21. The molecule has 38 heavy (non-hydrogen) atoms. The summed E-state index contributed by atoms with van der Waals surface area (Å²) < 4.78 is 12.4. The van der Waals surface area contributed by atoms with E-state index in [4.69, 9.17) is 9.47 Å². The van der Waals surface area contributed by atoms with Gasteiger partial charge in [0.05, 0.1) is 0 Å². The highest BCUT2D eigenvalue weighted by Crippen LogP contribution is 2.37. The number of anilines is 1. The largest absolute Gasteiger partial charge is 0.490 e. The minimum Gasteiger partial charge on any atom is -0.490 e. The van der Waals surface area contributed by atoms with E-state index in [1.54, 1.807) is 0 Å². The van der Waals surface area contributed by atoms with Crippen molar-refractivity contribution in [1.29, 1.82) is 0 Å². The molecule has 1 fully saturated rings. The number of aromatic nitrogens is 1. The fourth-order valence-electron chi connectivity index (χ4n) is 4.73. The molecule has 0 amide bonds. The van der Waals surface area contributed by atoms with Crippen LogP contribution in [0.4, 0.5) is 5.82 Å². The number of halogens is 2. The van der Waals surface area contributed by atoms with Crippen LogP contribution in [0.25, 0.3) is 10.8 Å². The van der Waals surface area contributed by atoms with Crippen molar-refractivity contribution in [2.75, 3.05) is 44.2 Å². The monoisotopic (exact) mass is 555 g/mol. The lowest BCUT2D eigenvalue weighted by Gasteiger charge is -2.36. The Morgan fingerprint density at radius 1 is 0.842 bits per heavy atom. The maximum atomic E-state index is 10.7. The van der Waals surface area contributed by atoms with Gasteiger partial charge in [-0.15, -0.1) is 24.8 Å². The molecule has 3 aromatic carbocycles. The van der Waals surface area contributed by atoms with Gasteiger partial charge >= 0.3 is 0 Å². The predicted octanol–water partition coefficient (Wildman–Crippen LogP) is 5.53. The van der Waals surface area contributed by atoms with E-state index in [2.05, 4.69) is 33.0 Å². The minimum atomic E-state index is -0.570. The SMILES string of the molecule is Cc1cc(OCC(O)CN2CCN(c3ccccn3)CC2)c2ccccc2c1OCc1ccccc1.Cl.Cl. The number of β-amino-alcohol motifs (C(OH)–C–C–N with tert-alkyl or cyclic N) is 1. The molecule has 1 atom stereocenters. The summed E-state index contributed by atoms with van der Waals surface area (Å²) in [5.41, 5.74) is 2.14. The summed E-state index contributed by atoms with van der Waals surface area (Å²) >= 11 is 0. The highest BCUT2D eigenvalue weighted by molar-refractivity contribution is 5.94. The second kappa shape index (κ2) is 14.2. The van der Waals surface area contributed by atoms with Crippen LogP contribution in [0.15, 0.2) is 85.1 Å². The highest BCUT2D eigenvalue weighted by atomic mass is 35.5. The van der Waals surface area contributed by atoms with Crippen LogP contribution in [0.2, 0.25) is 0 Å². The molecule has 8 heteroatoms. The van der Waals surface area contributed by atoms with Gasteiger partial charge in [-0.2, -0.15) is 0 Å². The zero-order valence-electron chi connectivity index (χ0n) is 21.5. The Bertz CT molecular complexity index is 1270. The molecule has 0 saturated carbocycles. The molecule has 1 aromatic heterocycles. The van der Waals surface area contributed by atoms with E-state index in [9.17, 15) is 5.11 Å². The Hall–Kier alpha value is -3.03. The number of benzene rings is 3. The Morgan fingerprint density at radius 2 is 1.53 bits per heavy atom. The zero-order valence-corrected chi connectivity index (χ0v) is 23.2. The van der Waals surface area contributed by atoms with Crippen molar-refractivity contribution in [3.05, 3.63) is 96.2 Å². The zero-order chi connectivity index (χ0) is 24.7. The Kier molecular flexibility index (Phi) is 11.0. The maximum Gasteiger partial charge on any atom is 0.130 e. The molecule has 202 valence electrons. The molecule has 0 aliphatic carbocycles. The third-order valence-corrected chi connectivity index (χ3v) is 6.61. The van der Waals surface area contributed by atoms with Gasteiger partial charge in [-0.25, -0.2) is 4.98 Å². The lowest BCUT2D eigenvalue weighted by Crippen LogP contribution is -2.49. The third-order valence-electron chi connectivity index (χ3n) is 6.61. The van der Waals surface area contributed by atoms with E-state index in [0.29, 0.717) is 13.2 Å². The number of hydrogen-bond acceptors (Lipinski definition) is 6. The van der Waals surface area contributed by atoms with Gasteiger partial charge in [-0.05, 0) is 36.2 Å². The number of fused-ring (bicyclic) bond motifs is 1. The van der Waals surface area contributed by atoms with Crippen LogP contribution in [0.1, 0.15) is 11.1 Å². The van der Waals surface area contributed by atoms with E-state index in [1.165, 1.54) is 0 Å². The van der Waals surface area contributed by atoms with Crippen molar-refractivity contribution in [2.24, 2.45) is 0 Å². The topological polar surface area (TPSA) is 58.1 Å². The van der Waals surface area contributed by atoms with E-state index >= 15 is 0 Å². The summed E-state index contributed by atoms with van der Waals surface area (Å²) in [5, 5.41) is 12.7. The molecule has 1 unspecified atom stereocenters. The van der Waals surface area contributed by atoms with E-state index < -0.39 is 6.10 Å². The number of aryl methyl sites for hydroxylation is 1. The molecule has 0 bridgehead atoms. The molecule has 1 aliphatic rings. The Balaban J connectivity index is 0.00000200. The Labute approximate surface area is 237 Å². The van der Waals surface area contributed by atoms with Gasteiger partial charge in [0.25, 0.3) is 0 Å². The fourth-order valence-corrected chi connectivity index (χ4v) is 4.73. The van der Waals surface area contributed by atoms with Crippen molar-refractivity contribution in [3.63, 3.8) is 0 Å². The van der Waals surface area contributed by atoms with E-state index in [-0.39, 0.29) is 31.4 Å². The van der Waals surface area contributed by atoms with Gasteiger partial charge in [-0.1, -0.05) is 60.7 Å². The summed E-state index contributed by atoms with van der Waals surface area (Å²) in [5.74, 6) is 2.65. The van der Waals surface area contributed by atoms with Crippen LogP contribution < -0.4 is 14.4 Å². The molecule has 6 nitrogen and oxygen atoms in total. The predicted molar refractivity (Wildman–Crippen MR) is 158 cm³/mol. The van der Waals surface area contributed by atoms with Gasteiger partial charge in [0, 0.05) is 49.7 Å². The standard InChI is InChI=1S/C30H33N3O3.2ClH/c1-23-19-28(26-11-5-6-12-27(26)30(23)36-21-24-9-3-2-4-10-24)35-22-25(34)20-32-15-17-33(18-16-32)29-13-7-8-14-31-29;;/h2-14,19,25,34H,15-18,20-22H2,1H3;2*1H. The van der Waals surface area contributed by atoms with Crippen molar-refractivity contribution >= 4 is 41.4 Å². The molecule has 0 radical (unpaired) electrons. The maximum absolute atomic E-state index is 10.7. The number of pyridine rings is 1. The number of ether oxygens (including phenoxy) is 2. The number of aliphatic hydroxyl groups excluding tert-OH is 1. The summed E-state index contributed by atoms with van der Waals surface area (Å²) in [6.45, 7) is 6.97. The molecular formula is C30H35Cl2N3O3. The van der Waals surface area contributed by atoms with Crippen LogP contribution >= 0.6 is 24.8 Å². The van der Waals surface area contributed by atoms with Crippen molar-refractivity contribution < 1.29 is 14.6 Å². The van der Waals surface area contributed by atoms with Crippen molar-refractivity contribution in [3.8, 4) is 11.5 Å². The fraction of sp³-hybridized carbons (Fsp3) is 0.300. The van der Waals surface area contributed by atoms with Crippen LogP contribution in [-0.4, -0.2) is 60.4 Å². The minimum absolute atomic E-state index is 0. The first kappa shape index (κ1) is 29.5. The van der Waals surface area contributed by atoms with Gasteiger partial charge in [0.15, 0.2) is 0 Å². The molecule has 2 heterocycles. The number of aliphatic hydroxyl groups is 1. The van der Waals surface area contributed by atoms with Gasteiger partial charge in [0.1, 0.15) is 36.6 Å². The summed E-state index contributed by atoms with van der Waals surface area (Å²) in [4.78, 5) is 9.02. The summed E-state index contributed by atoms with van der Waals surface area (Å²) in [6.07, 6.45) is 1.26. The molecule has 1 aliphatic heterocycles. The smallest absolute Gasteiger partial charge is 0.130 e. The van der Waals surface area contributed by atoms with Crippen LogP contribution in [0.5, 0.6) is 11.5 Å². The van der Waals surface area contributed by atoms with E-state index in [1.807, 2.05) is 73.8 Å². The van der Waals surface area contributed by atoms with Crippen LogP contribution in [-0.2, 0) is 6.61 Å². The molecule has 5 rings (SSSR count). The van der Waals surface area contributed by atoms with Crippen LogP contribution in [0.3, 0.4) is 0 Å². The average molecular weight is 557 g/mol. The quantitative estimate of drug-likeness (QED) is 0.293. The summed E-state index contributed by atoms with van der Waals surface area (Å²) in [7, 11) is 0. The second-order valence-corrected chi connectivity index (χ2v) is 9.28. The molecular weight excluding hydrogens is 521 g/mol. The van der Waals surface area contributed by atoms with Gasteiger partial charge < -0.3 is 19.5 Å². The number of rotatable bonds is 9. The van der Waals surface area contributed by atoms with E-state index in [0.717, 1.165) is 65.4 Å². The first-order valence-electron chi connectivity index (χ1n) is 12.6. The molecule has 1 N–H and O–H groups in total. The third kappa shape index (κ3) is 7.29. The molecule has 1 saturated heterocycles. The van der Waals surface area contributed by atoms with Crippen molar-refractivity contribution in [1.82, 2.24) is 9.88 Å². The first-order chi connectivity index (χ1) is 17.7. The van der Waals surface area contributed by atoms with Gasteiger partial charge in [0.2, 0.25) is 0 Å². The Morgan fingerprint density at radius 3 is 2.24 bits per heavy atom. The number of nitrogens with zero attached hydrogens (tertiary/aromatic N) is 3. The normalized spacial score (nSPS) is 14.3. The second-order valence-electron chi connectivity index (χ2n) is 9.28. The lowest BCUT2D eigenvalue weighted by atomic mass is 10.0. The molecule has 0 spiro atoms. The number of piperazine rings is 1. The van der Waals surface area contributed by atoms with Crippen molar-refractivity contribution in [2.45, 2.75) is 19.6 Å². The summed E-state index contributed by atoms with van der Waals surface area (Å²) in [6, 6.07) is 26.3. The first-order valence-corrected chi connectivity index (χ1v) is 12.6. The lowest BCUT2D eigenvalue weighted by molar-refractivity contribution is 0.0667. The number of hydrogen-bond donors (Lipinski definition) is 1. The van der Waals surface area contributed by atoms with Gasteiger partial charge in [-0.3, -0.25) is 4.90 Å². The molecule has 4 aromatic rings.